The predicted molar refractivity (Wildman–Crippen MR) is 304 cm³/mol. The molecule has 5 aromatic rings. The standard InChI is InChI=1S/C59H67Cl2FN8O9S/c1-34-50(80-33-65-34)36-13-11-35(12-14-36)31-64-53(74)45-30-40(71)32-70(45)55(76)51(57(2,3)4)68-46(72)21-25-78-27-28-79-26-24-63-52(73)37-15-18-39(19-16-37)66-54(75)49-47(41-9-8-10-43(61)48(41)62)59(58(69-49)22-6-5-7-23-58)42-20-17-38(60)29-44(42)67-56(59)77/h8-20,29,33,40,45,47,49,51,69,71H,5-7,21-28,30-32H2,1-4H3,(H,63,73)(H,64,74)(H,66,75)(H,67,77)(H,68,72)/t40-,45+,47+,49-,51?,59-/m1/s1. The zero-order valence-electron chi connectivity index (χ0n) is 45.1. The third-order valence-corrected chi connectivity index (χ3v) is 17.3. The lowest BCUT2D eigenvalue weighted by atomic mass is 9.55. The summed E-state index contributed by atoms with van der Waals surface area (Å²) in [6.07, 6.45) is 2.83. The van der Waals surface area contributed by atoms with Crippen LogP contribution in [0.25, 0.3) is 10.4 Å². The van der Waals surface area contributed by atoms with E-state index in [2.05, 4.69) is 36.9 Å². The maximum absolute atomic E-state index is 16.3. The number of rotatable bonds is 19. The number of likely N-dealkylation sites (tertiary alicyclic amines) is 1. The lowest BCUT2D eigenvalue weighted by Gasteiger charge is -2.47. The number of amides is 6. The molecule has 3 fully saturated rings. The molecule has 3 aliphatic heterocycles. The van der Waals surface area contributed by atoms with E-state index in [1.54, 1.807) is 71.4 Å². The van der Waals surface area contributed by atoms with Crippen molar-refractivity contribution < 1.29 is 47.7 Å². The quantitative estimate of drug-likeness (QED) is 0.0395. The minimum absolute atomic E-state index is 0.0410. The molecule has 4 heterocycles. The number of aromatic nitrogens is 1. The van der Waals surface area contributed by atoms with E-state index in [0.29, 0.717) is 40.4 Å². The van der Waals surface area contributed by atoms with Crippen molar-refractivity contribution >= 4 is 81.4 Å². The van der Waals surface area contributed by atoms with Gasteiger partial charge in [0.2, 0.25) is 29.5 Å². The lowest BCUT2D eigenvalue weighted by molar-refractivity contribution is -0.144. The molecule has 2 spiro atoms. The van der Waals surface area contributed by atoms with Crippen molar-refractivity contribution in [3.63, 3.8) is 0 Å². The highest BCUT2D eigenvalue weighted by Gasteiger charge is 2.72. The van der Waals surface area contributed by atoms with Gasteiger partial charge in [0.15, 0.2) is 0 Å². The normalized spacial score (nSPS) is 21.5. The molecule has 80 heavy (non-hydrogen) atoms. The molecule has 4 aliphatic rings. The monoisotopic (exact) mass is 1150 g/mol. The fourth-order valence-electron chi connectivity index (χ4n) is 12.0. The van der Waals surface area contributed by atoms with Gasteiger partial charge in [0.1, 0.15) is 23.3 Å². The van der Waals surface area contributed by atoms with Gasteiger partial charge in [0.25, 0.3) is 5.91 Å². The number of aliphatic hydroxyl groups excluding tert-OH is 1. The molecule has 0 bridgehead atoms. The number of carbonyl (C=O) groups excluding carboxylic acids is 6. The molecule has 9 rings (SSSR count). The number of aryl methyl sites for hydroxylation is 1. The van der Waals surface area contributed by atoms with Crippen LogP contribution in [0.4, 0.5) is 15.8 Å². The Morgan fingerprint density at radius 1 is 0.912 bits per heavy atom. The number of nitrogens with one attached hydrogen (secondary N) is 6. The molecule has 21 heteroatoms. The second-order valence-corrected chi connectivity index (χ2v) is 23.8. The summed E-state index contributed by atoms with van der Waals surface area (Å²) in [5, 5.41) is 29.1. The van der Waals surface area contributed by atoms with Crippen molar-refractivity contribution in [1.29, 1.82) is 0 Å². The van der Waals surface area contributed by atoms with Crippen LogP contribution in [0.3, 0.4) is 0 Å². The lowest BCUT2D eigenvalue weighted by Crippen LogP contribution is -2.60. The Morgan fingerprint density at radius 3 is 2.34 bits per heavy atom. The van der Waals surface area contributed by atoms with Crippen LogP contribution in [0.15, 0.2) is 90.4 Å². The highest BCUT2D eigenvalue weighted by Crippen LogP contribution is 2.63. The van der Waals surface area contributed by atoms with Gasteiger partial charge in [-0.05, 0) is 89.9 Å². The van der Waals surface area contributed by atoms with Crippen molar-refractivity contribution in [3.8, 4) is 10.4 Å². The summed E-state index contributed by atoms with van der Waals surface area (Å²) in [5.41, 5.74) is 3.68. The van der Waals surface area contributed by atoms with E-state index >= 15 is 4.39 Å². The maximum atomic E-state index is 16.3. The summed E-state index contributed by atoms with van der Waals surface area (Å²) in [6.45, 7) is 8.35. The molecule has 2 saturated heterocycles. The van der Waals surface area contributed by atoms with E-state index in [1.165, 1.54) is 11.0 Å². The Balaban J connectivity index is 0.712. The van der Waals surface area contributed by atoms with Crippen molar-refractivity contribution in [2.45, 2.75) is 120 Å². The number of thiazole rings is 1. The molecule has 6 amide bonds. The second-order valence-electron chi connectivity index (χ2n) is 22.1. The SMILES string of the molecule is Cc1ncsc1-c1ccc(CNC(=O)[C@@H]2C[C@@H](O)CN2C(=O)C(NC(=O)CCOCCOCCNC(=O)c2ccc(NC(=O)[C@@H]3NC4(CCCCC4)[C@@]4(C(=O)Nc5cc(Cl)ccc54)[C@H]3c3cccc(Cl)c3F)cc2)C(C)(C)C)cc1. The molecule has 1 aromatic heterocycles. The van der Waals surface area contributed by atoms with Crippen LogP contribution < -0.4 is 31.9 Å². The second kappa shape index (κ2) is 24.8. The van der Waals surface area contributed by atoms with Crippen LogP contribution in [0.5, 0.6) is 0 Å². The van der Waals surface area contributed by atoms with Gasteiger partial charge in [-0.3, -0.25) is 34.1 Å². The minimum Gasteiger partial charge on any atom is -0.391 e. The Bertz CT molecular complexity index is 3120. The molecule has 1 aliphatic carbocycles. The summed E-state index contributed by atoms with van der Waals surface area (Å²) in [4.78, 5) is 89.8. The Morgan fingerprint density at radius 2 is 1.64 bits per heavy atom. The van der Waals surface area contributed by atoms with Gasteiger partial charge in [-0.1, -0.05) is 106 Å². The number of ether oxygens (including phenoxy) is 2. The van der Waals surface area contributed by atoms with E-state index in [-0.39, 0.29) is 81.3 Å². The first-order valence-corrected chi connectivity index (χ1v) is 28.7. The van der Waals surface area contributed by atoms with Gasteiger partial charge < -0.3 is 46.1 Å². The number of fused-ring (bicyclic) bond motifs is 3. The molecule has 0 radical (unpaired) electrons. The molecule has 1 saturated carbocycles. The fourth-order valence-corrected chi connectivity index (χ4v) is 13.1. The topological polar surface area (TPSA) is 229 Å². The molecule has 1 unspecified atom stereocenters. The highest BCUT2D eigenvalue weighted by molar-refractivity contribution is 7.13. The highest BCUT2D eigenvalue weighted by atomic mass is 35.5. The zero-order valence-corrected chi connectivity index (χ0v) is 47.4. The number of β-amino-alcohol motifs (C(OH)–C–C–N with tert-alkyl or cyclic N) is 1. The third-order valence-electron chi connectivity index (χ3n) is 15.8. The molecule has 17 nitrogen and oxygen atoms in total. The molecular formula is C59H67Cl2FN8O9S. The van der Waals surface area contributed by atoms with Crippen molar-refractivity contribution in [2.24, 2.45) is 5.41 Å². The Hall–Kier alpha value is -6.32. The van der Waals surface area contributed by atoms with Crippen LogP contribution >= 0.6 is 34.5 Å². The Kier molecular flexibility index (Phi) is 18.1. The molecule has 4 aromatic carbocycles. The van der Waals surface area contributed by atoms with Crippen molar-refractivity contribution in [2.75, 3.05) is 50.2 Å². The van der Waals surface area contributed by atoms with E-state index in [0.717, 1.165) is 41.0 Å². The summed E-state index contributed by atoms with van der Waals surface area (Å²) in [7, 11) is 0. The summed E-state index contributed by atoms with van der Waals surface area (Å²) in [6, 6.07) is 21.0. The van der Waals surface area contributed by atoms with Gasteiger partial charge in [0, 0.05) is 65.9 Å². The first-order chi connectivity index (χ1) is 38.3. The summed E-state index contributed by atoms with van der Waals surface area (Å²) in [5.74, 6) is -4.17. The zero-order chi connectivity index (χ0) is 56.9. The summed E-state index contributed by atoms with van der Waals surface area (Å²) < 4.78 is 27.6. The third kappa shape index (κ3) is 12.1. The fraction of sp³-hybridized carbons (Fsp3) is 0.441. The van der Waals surface area contributed by atoms with Gasteiger partial charge in [0.05, 0.1) is 59.7 Å². The average Bonchev–Trinajstić information content (AvgIpc) is 4.34. The number of hydrogen-bond acceptors (Lipinski definition) is 12. The van der Waals surface area contributed by atoms with Crippen LogP contribution in [0.1, 0.15) is 104 Å². The number of anilines is 2. The Labute approximate surface area is 478 Å². The van der Waals surface area contributed by atoms with Gasteiger partial charge in [-0.15, -0.1) is 11.3 Å². The van der Waals surface area contributed by atoms with E-state index in [4.69, 9.17) is 32.7 Å². The largest absolute Gasteiger partial charge is 0.391 e. The number of benzene rings is 4. The van der Waals surface area contributed by atoms with E-state index < -0.39 is 76.0 Å². The van der Waals surface area contributed by atoms with Crippen LogP contribution in [0.2, 0.25) is 10.0 Å². The summed E-state index contributed by atoms with van der Waals surface area (Å²) >= 11 is 14.3. The number of hydrogen-bond donors (Lipinski definition) is 7. The van der Waals surface area contributed by atoms with E-state index in [9.17, 15) is 33.9 Å². The molecule has 6 atom stereocenters. The van der Waals surface area contributed by atoms with Crippen LogP contribution in [-0.2, 0) is 45.4 Å². The smallest absolute Gasteiger partial charge is 0.251 e. The first kappa shape index (κ1) is 58.3. The molecular weight excluding hydrogens is 1090 g/mol. The first-order valence-electron chi connectivity index (χ1n) is 27.0. The maximum Gasteiger partial charge on any atom is 0.251 e. The van der Waals surface area contributed by atoms with Crippen molar-refractivity contribution in [1.82, 2.24) is 31.2 Å². The number of nitrogens with zero attached hydrogens (tertiary/aromatic N) is 2. The predicted octanol–water partition coefficient (Wildman–Crippen LogP) is 7.81. The van der Waals surface area contributed by atoms with Crippen molar-refractivity contribution in [3.05, 3.63) is 134 Å². The average molecular weight is 1150 g/mol. The van der Waals surface area contributed by atoms with Gasteiger partial charge in [-0.25, -0.2) is 9.37 Å². The molecule has 7 N–H and O–H groups in total. The molecule has 424 valence electrons. The number of halogens is 3. The van der Waals surface area contributed by atoms with Crippen LogP contribution in [0, 0.1) is 18.2 Å². The van der Waals surface area contributed by atoms with Gasteiger partial charge >= 0.3 is 0 Å². The minimum atomic E-state index is -1.38. The van der Waals surface area contributed by atoms with Gasteiger partial charge in [-0.2, -0.15) is 0 Å². The number of aliphatic hydroxyl groups is 1. The number of carbonyl (C=O) groups is 6. The van der Waals surface area contributed by atoms with Crippen LogP contribution in [-0.4, -0.2) is 120 Å². The van der Waals surface area contributed by atoms with E-state index in [1.807, 2.05) is 52.0 Å².